The number of esters is 1. The van der Waals surface area contributed by atoms with E-state index in [-0.39, 0.29) is 29.5 Å². The normalized spacial score (nSPS) is 13.5. The van der Waals surface area contributed by atoms with Crippen molar-refractivity contribution in [3.8, 4) is 0 Å². The van der Waals surface area contributed by atoms with E-state index in [0.29, 0.717) is 16.3 Å². The molecule has 1 aromatic carbocycles. The summed E-state index contributed by atoms with van der Waals surface area (Å²) in [5.41, 5.74) is 0.331. The van der Waals surface area contributed by atoms with Gasteiger partial charge in [-0.25, -0.2) is 9.78 Å². The van der Waals surface area contributed by atoms with Crippen molar-refractivity contribution < 1.29 is 14.5 Å². The van der Waals surface area contributed by atoms with Gasteiger partial charge in [-0.05, 0) is 25.0 Å². The second-order valence-electron chi connectivity index (χ2n) is 6.13. The lowest BCUT2D eigenvalue weighted by atomic mass is 10.1. The minimum Gasteiger partial charge on any atom is -0.456 e. The molecule has 0 spiro atoms. The number of carbonyl (C=O) groups excluding carboxylic acids is 1. The van der Waals surface area contributed by atoms with Crippen molar-refractivity contribution >= 4 is 33.6 Å². The summed E-state index contributed by atoms with van der Waals surface area (Å²) in [6, 6.07) is 5.72. The van der Waals surface area contributed by atoms with E-state index in [1.54, 1.807) is 11.6 Å². The van der Waals surface area contributed by atoms with E-state index in [1.807, 2.05) is 0 Å². The van der Waals surface area contributed by atoms with E-state index in [9.17, 15) is 19.7 Å². The number of nitrogens with one attached hydrogen (secondary N) is 1. The Morgan fingerprint density at radius 1 is 1.41 bits per heavy atom. The number of carbonyl (C=O) groups is 1. The summed E-state index contributed by atoms with van der Waals surface area (Å²) in [7, 11) is 0. The Bertz CT molecular complexity index is 1100. The van der Waals surface area contributed by atoms with Gasteiger partial charge < -0.3 is 10.1 Å². The lowest BCUT2D eigenvalue weighted by Crippen LogP contribution is -2.15. The number of nitrogens with zero attached hydrogens (tertiary/aromatic N) is 3. The van der Waals surface area contributed by atoms with Crippen molar-refractivity contribution in [3.63, 3.8) is 0 Å². The highest BCUT2D eigenvalue weighted by molar-refractivity contribution is 7.15. The maximum Gasteiger partial charge on any atom is 0.338 e. The van der Waals surface area contributed by atoms with Gasteiger partial charge in [-0.15, -0.1) is 11.3 Å². The van der Waals surface area contributed by atoms with Crippen LogP contribution in [0.25, 0.3) is 4.96 Å². The number of aromatic nitrogens is 2. The van der Waals surface area contributed by atoms with Crippen molar-refractivity contribution in [2.75, 3.05) is 5.32 Å². The molecular weight excluding hydrogens is 372 g/mol. The van der Waals surface area contributed by atoms with Crippen LogP contribution >= 0.6 is 11.3 Å². The van der Waals surface area contributed by atoms with Gasteiger partial charge in [0.15, 0.2) is 4.96 Å². The molecule has 0 aliphatic heterocycles. The molecule has 0 atom stereocenters. The van der Waals surface area contributed by atoms with Crippen LogP contribution in [0.2, 0.25) is 0 Å². The molecule has 1 fully saturated rings. The zero-order valence-electron chi connectivity index (χ0n) is 14.0. The van der Waals surface area contributed by atoms with E-state index >= 15 is 0 Å². The van der Waals surface area contributed by atoms with Gasteiger partial charge in [0, 0.05) is 29.8 Å². The van der Waals surface area contributed by atoms with Gasteiger partial charge in [-0.3, -0.25) is 19.3 Å². The van der Waals surface area contributed by atoms with Crippen LogP contribution in [-0.2, 0) is 11.3 Å². The Morgan fingerprint density at radius 3 is 2.96 bits per heavy atom. The summed E-state index contributed by atoms with van der Waals surface area (Å²) < 4.78 is 6.57. The van der Waals surface area contributed by atoms with Gasteiger partial charge in [-0.2, -0.15) is 0 Å². The predicted molar refractivity (Wildman–Crippen MR) is 98.2 cm³/mol. The van der Waals surface area contributed by atoms with Crippen LogP contribution in [0.5, 0.6) is 0 Å². The lowest BCUT2D eigenvalue weighted by Gasteiger charge is -2.08. The second-order valence-corrected chi connectivity index (χ2v) is 7.00. The second kappa shape index (κ2) is 6.80. The quantitative estimate of drug-likeness (QED) is 0.393. The molecular formula is C17H14N4O5S. The van der Waals surface area contributed by atoms with Crippen LogP contribution < -0.4 is 10.9 Å². The first-order chi connectivity index (χ1) is 13.0. The number of nitro benzene ring substituents is 1. The van der Waals surface area contributed by atoms with Crippen LogP contribution in [0.3, 0.4) is 0 Å². The molecule has 9 nitrogen and oxygen atoms in total. The fourth-order valence-electron chi connectivity index (χ4n) is 2.56. The molecule has 0 saturated heterocycles. The summed E-state index contributed by atoms with van der Waals surface area (Å²) in [6.07, 6.45) is 3.56. The Hall–Kier alpha value is -3.27. The number of hydrogen-bond donors (Lipinski definition) is 1. The Morgan fingerprint density at radius 2 is 2.22 bits per heavy atom. The van der Waals surface area contributed by atoms with Gasteiger partial charge in [0.2, 0.25) is 0 Å². The van der Waals surface area contributed by atoms with Gasteiger partial charge in [0.1, 0.15) is 12.3 Å². The molecule has 10 heteroatoms. The van der Waals surface area contributed by atoms with Crippen molar-refractivity contribution in [1.29, 1.82) is 0 Å². The number of thiazole rings is 1. The Kier molecular flexibility index (Phi) is 4.32. The van der Waals surface area contributed by atoms with Crippen molar-refractivity contribution in [1.82, 2.24) is 9.38 Å². The number of rotatable bonds is 6. The largest absolute Gasteiger partial charge is 0.456 e. The fourth-order valence-corrected chi connectivity index (χ4v) is 3.30. The zero-order chi connectivity index (χ0) is 19.0. The maximum atomic E-state index is 12.3. The van der Waals surface area contributed by atoms with Gasteiger partial charge in [0.25, 0.3) is 11.2 Å². The number of anilines is 1. The van der Waals surface area contributed by atoms with E-state index in [4.69, 9.17) is 4.74 Å². The van der Waals surface area contributed by atoms with Crippen LogP contribution in [0.15, 0.2) is 40.6 Å². The fraction of sp³-hybridized carbons (Fsp3) is 0.235. The van der Waals surface area contributed by atoms with E-state index < -0.39 is 10.9 Å². The molecule has 138 valence electrons. The van der Waals surface area contributed by atoms with Crippen LogP contribution in [-0.4, -0.2) is 26.3 Å². The van der Waals surface area contributed by atoms with E-state index in [2.05, 4.69) is 10.3 Å². The first-order valence-corrected chi connectivity index (χ1v) is 9.07. The third kappa shape index (κ3) is 3.65. The summed E-state index contributed by atoms with van der Waals surface area (Å²) in [4.78, 5) is 39.7. The number of benzene rings is 1. The number of ether oxygens (including phenoxy) is 1. The molecule has 1 N–H and O–H groups in total. The molecule has 0 radical (unpaired) electrons. The maximum absolute atomic E-state index is 12.3. The highest BCUT2D eigenvalue weighted by Crippen LogP contribution is 2.31. The van der Waals surface area contributed by atoms with Gasteiger partial charge in [-0.1, -0.05) is 0 Å². The monoisotopic (exact) mass is 386 g/mol. The molecule has 2 heterocycles. The first-order valence-electron chi connectivity index (χ1n) is 8.19. The smallest absolute Gasteiger partial charge is 0.338 e. The first kappa shape index (κ1) is 17.2. The van der Waals surface area contributed by atoms with Gasteiger partial charge >= 0.3 is 5.97 Å². The van der Waals surface area contributed by atoms with Crippen LogP contribution in [0.4, 0.5) is 11.4 Å². The molecule has 2 aromatic heterocycles. The molecule has 1 aliphatic rings. The highest BCUT2D eigenvalue weighted by atomic mass is 32.1. The van der Waals surface area contributed by atoms with E-state index in [0.717, 1.165) is 12.8 Å². The SMILES string of the molecule is O=C(OCc1cc(=O)n2ccsc2n1)c1ccc(NC2CC2)c([N+](=O)[O-])c1. The van der Waals surface area contributed by atoms with E-state index in [1.165, 1.54) is 40.0 Å². The number of fused-ring (bicyclic) bond motifs is 1. The number of nitro groups is 1. The highest BCUT2D eigenvalue weighted by Gasteiger charge is 2.25. The topological polar surface area (TPSA) is 116 Å². The molecule has 4 rings (SSSR count). The standard InChI is InChI=1S/C17H14N4O5S/c22-15-8-12(19-17-20(15)5-6-27-17)9-26-16(23)10-1-4-13(18-11-2-3-11)14(7-10)21(24)25/h1,4-8,11,18H,2-3,9H2. The summed E-state index contributed by atoms with van der Waals surface area (Å²) in [6.45, 7) is -0.196. The summed E-state index contributed by atoms with van der Waals surface area (Å²) in [5, 5.41) is 16.1. The summed E-state index contributed by atoms with van der Waals surface area (Å²) in [5.74, 6) is -0.718. The van der Waals surface area contributed by atoms with Crippen molar-refractivity contribution in [2.24, 2.45) is 0 Å². The average Bonchev–Trinajstić information content (AvgIpc) is 3.33. The number of hydrogen-bond acceptors (Lipinski definition) is 8. The molecule has 27 heavy (non-hydrogen) atoms. The summed E-state index contributed by atoms with van der Waals surface area (Å²) >= 11 is 1.29. The minimum absolute atomic E-state index is 0.0666. The van der Waals surface area contributed by atoms with Crippen LogP contribution in [0, 0.1) is 10.1 Å². The zero-order valence-corrected chi connectivity index (χ0v) is 14.8. The third-order valence-corrected chi connectivity index (χ3v) is 4.83. The van der Waals surface area contributed by atoms with Crippen LogP contribution in [0.1, 0.15) is 28.9 Å². The molecule has 0 amide bonds. The van der Waals surface area contributed by atoms with Crippen molar-refractivity contribution in [2.45, 2.75) is 25.5 Å². The average molecular weight is 386 g/mol. The molecule has 0 bridgehead atoms. The minimum atomic E-state index is -0.718. The Labute approximate surface area is 156 Å². The predicted octanol–water partition coefficient (Wildman–Crippen LogP) is 2.60. The molecule has 1 aliphatic carbocycles. The Balaban J connectivity index is 1.50. The lowest BCUT2D eigenvalue weighted by molar-refractivity contribution is -0.384. The molecule has 3 aromatic rings. The third-order valence-electron chi connectivity index (χ3n) is 4.07. The molecule has 0 unspecified atom stereocenters. The molecule has 1 saturated carbocycles. The van der Waals surface area contributed by atoms with Gasteiger partial charge in [0.05, 0.1) is 16.2 Å². The van der Waals surface area contributed by atoms with Crippen molar-refractivity contribution in [3.05, 3.63) is 67.6 Å².